The van der Waals surface area contributed by atoms with E-state index in [1.807, 2.05) is 6.07 Å². The number of nitrogens with one attached hydrogen (secondary N) is 1. The molecule has 0 saturated heterocycles. The Morgan fingerprint density at radius 3 is 2.77 bits per heavy atom. The summed E-state index contributed by atoms with van der Waals surface area (Å²) < 4.78 is 0. The molecule has 0 aliphatic heterocycles. The van der Waals surface area contributed by atoms with Crippen LogP contribution < -0.4 is 11.5 Å². The van der Waals surface area contributed by atoms with Crippen LogP contribution in [0.25, 0.3) is 0 Å². The van der Waals surface area contributed by atoms with Gasteiger partial charge in [-0.2, -0.15) is 0 Å². The van der Waals surface area contributed by atoms with Crippen LogP contribution in [0, 0.1) is 0 Å². The molecule has 0 aromatic carbocycles. The summed E-state index contributed by atoms with van der Waals surface area (Å²) in [6, 6.07) is 2.28. The second-order valence-electron chi connectivity index (χ2n) is 3.40. The highest BCUT2D eigenvalue weighted by Gasteiger charge is 2.17. The lowest BCUT2D eigenvalue weighted by Gasteiger charge is -2.21. The number of rotatable bonds is 2. The summed E-state index contributed by atoms with van der Waals surface area (Å²) in [6.45, 7) is 0. The van der Waals surface area contributed by atoms with Gasteiger partial charge in [0.25, 0.3) is 0 Å². The Bertz CT molecular complexity index is 322. The SMILES string of the molecule is NC(=NC1CCC1)c1cc[nH]c1N. The molecule has 0 bridgehead atoms. The molecule has 0 amide bonds. The lowest BCUT2D eigenvalue weighted by molar-refractivity contribution is 0.420. The van der Waals surface area contributed by atoms with E-state index >= 15 is 0 Å². The fourth-order valence-electron chi connectivity index (χ4n) is 1.39. The number of nitrogens with two attached hydrogens (primary N) is 2. The lowest BCUT2D eigenvalue weighted by Crippen LogP contribution is -2.22. The predicted molar refractivity (Wildman–Crippen MR) is 53.6 cm³/mol. The molecule has 1 aliphatic rings. The summed E-state index contributed by atoms with van der Waals surface area (Å²) in [5.74, 6) is 1.16. The van der Waals surface area contributed by atoms with Crippen molar-refractivity contribution in [2.75, 3.05) is 5.73 Å². The number of aromatic amines is 1. The molecule has 0 radical (unpaired) electrons. The van der Waals surface area contributed by atoms with E-state index in [1.54, 1.807) is 6.20 Å². The minimum Gasteiger partial charge on any atom is -0.385 e. The van der Waals surface area contributed by atoms with Crippen LogP contribution in [-0.4, -0.2) is 16.9 Å². The standard InChI is InChI=1S/C9H14N4/c10-8-7(4-5-12-8)9(11)13-6-2-1-3-6/h4-6,12H,1-3,10H2,(H2,11,13). The number of hydrogen-bond donors (Lipinski definition) is 3. The average molecular weight is 178 g/mol. The molecule has 0 unspecified atom stereocenters. The predicted octanol–water partition coefficient (Wildman–Crippen LogP) is 0.855. The first-order valence-electron chi connectivity index (χ1n) is 4.54. The Morgan fingerprint density at radius 2 is 2.31 bits per heavy atom. The molecule has 1 saturated carbocycles. The van der Waals surface area contributed by atoms with Crippen molar-refractivity contribution in [3.8, 4) is 0 Å². The van der Waals surface area contributed by atoms with E-state index in [4.69, 9.17) is 11.5 Å². The van der Waals surface area contributed by atoms with Gasteiger partial charge in [-0.1, -0.05) is 0 Å². The monoisotopic (exact) mass is 178 g/mol. The molecular weight excluding hydrogens is 164 g/mol. The highest BCUT2D eigenvalue weighted by molar-refractivity contribution is 6.01. The summed E-state index contributed by atoms with van der Waals surface area (Å²) in [7, 11) is 0. The highest BCUT2D eigenvalue weighted by Crippen LogP contribution is 2.22. The van der Waals surface area contributed by atoms with Crippen molar-refractivity contribution in [2.24, 2.45) is 10.7 Å². The van der Waals surface area contributed by atoms with Crippen LogP contribution in [0.4, 0.5) is 5.82 Å². The molecule has 1 aromatic heterocycles. The fraction of sp³-hybridized carbons (Fsp3) is 0.444. The van der Waals surface area contributed by atoms with Crippen molar-refractivity contribution in [3.05, 3.63) is 17.8 Å². The van der Waals surface area contributed by atoms with E-state index in [-0.39, 0.29) is 0 Å². The number of aliphatic imine (C=N–C) groups is 1. The summed E-state index contributed by atoms with van der Waals surface area (Å²) in [5.41, 5.74) is 12.3. The van der Waals surface area contributed by atoms with Crippen LogP contribution in [0.15, 0.2) is 17.3 Å². The van der Waals surface area contributed by atoms with Crippen LogP contribution in [0.5, 0.6) is 0 Å². The van der Waals surface area contributed by atoms with E-state index in [0.29, 0.717) is 17.7 Å². The molecule has 5 N–H and O–H groups in total. The number of aromatic nitrogens is 1. The molecule has 4 nitrogen and oxygen atoms in total. The number of anilines is 1. The average Bonchev–Trinajstić information content (AvgIpc) is 2.43. The van der Waals surface area contributed by atoms with Crippen molar-refractivity contribution in [1.82, 2.24) is 4.98 Å². The van der Waals surface area contributed by atoms with E-state index in [0.717, 1.165) is 18.4 Å². The highest BCUT2D eigenvalue weighted by atomic mass is 14.9. The molecule has 1 fully saturated rings. The van der Waals surface area contributed by atoms with Gasteiger partial charge in [0.2, 0.25) is 0 Å². The van der Waals surface area contributed by atoms with Crippen molar-refractivity contribution in [3.63, 3.8) is 0 Å². The molecule has 13 heavy (non-hydrogen) atoms. The van der Waals surface area contributed by atoms with Crippen LogP contribution >= 0.6 is 0 Å². The Kier molecular flexibility index (Phi) is 1.96. The van der Waals surface area contributed by atoms with Gasteiger partial charge in [0.15, 0.2) is 0 Å². The summed E-state index contributed by atoms with van der Waals surface area (Å²) in [6.07, 6.45) is 5.36. The summed E-state index contributed by atoms with van der Waals surface area (Å²) in [5, 5.41) is 0. The van der Waals surface area contributed by atoms with E-state index in [9.17, 15) is 0 Å². The van der Waals surface area contributed by atoms with Gasteiger partial charge in [-0.25, -0.2) is 0 Å². The zero-order chi connectivity index (χ0) is 9.26. The second kappa shape index (κ2) is 3.12. The van der Waals surface area contributed by atoms with Crippen LogP contribution in [0.3, 0.4) is 0 Å². The maximum atomic E-state index is 5.80. The number of nitrogens with zero attached hydrogens (tertiary/aromatic N) is 1. The van der Waals surface area contributed by atoms with Crippen molar-refractivity contribution >= 4 is 11.7 Å². The smallest absolute Gasteiger partial charge is 0.129 e. The Balaban J connectivity index is 2.15. The van der Waals surface area contributed by atoms with Crippen molar-refractivity contribution < 1.29 is 0 Å². The Labute approximate surface area is 77.0 Å². The number of hydrogen-bond acceptors (Lipinski definition) is 2. The number of nitrogen functional groups attached to an aromatic ring is 1. The molecule has 1 heterocycles. The van der Waals surface area contributed by atoms with E-state index in [1.165, 1.54) is 6.42 Å². The van der Waals surface area contributed by atoms with Crippen LogP contribution in [0.2, 0.25) is 0 Å². The van der Waals surface area contributed by atoms with Gasteiger partial charge >= 0.3 is 0 Å². The third-order valence-electron chi connectivity index (χ3n) is 2.45. The third kappa shape index (κ3) is 1.52. The van der Waals surface area contributed by atoms with Crippen LogP contribution in [0.1, 0.15) is 24.8 Å². The van der Waals surface area contributed by atoms with Gasteiger partial charge in [0, 0.05) is 6.20 Å². The van der Waals surface area contributed by atoms with Crippen LogP contribution in [-0.2, 0) is 0 Å². The van der Waals surface area contributed by atoms with Gasteiger partial charge in [0.1, 0.15) is 11.7 Å². The van der Waals surface area contributed by atoms with Crippen molar-refractivity contribution in [1.29, 1.82) is 0 Å². The third-order valence-corrected chi connectivity index (χ3v) is 2.45. The van der Waals surface area contributed by atoms with Gasteiger partial charge in [-0.05, 0) is 25.3 Å². The first kappa shape index (κ1) is 8.16. The Morgan fingerprint density at radius 1 is 1.54 bits per heavy atom. The molecule has 0 atom stereocenters. The second-order valence-corrected chi connectivity index (χ2v) is 3.40. The first-order valence-corrected chi connectivity index (χ1v) is 4.54. The summed E-state index contributed by atoms with van der Waals surface area (Å²) >= 11 is 0. The van der Waals surface area contributed by atoms with Crippen molar-refractivity contribution in [2.45, 2.75) is 25.3 Å². The molecule has 1 aromatic rings. The zero-order valence-electron chi connectivity index (χ0n) is 7.46. The molecule has 2 rings (SSSR count). The molecule has 1 aliphatic carbocycles. The normalized spacial score (nSPS) is 18.6. The first-order chi connectivity index (χ1) is 6.27. The minimum atomic E-state index is 0.425. The van der Waals surface area contributed by atoms with Gasteiger partial charge in [-0.15, -0.1) is 0 Å². The molecular formula is C9H14N4. The number of H-pyrrole nitrogens is 1. The van der Waals surface area contributed by atoms with E-state index in [2.05, 4.69) is 9.98 Å². The maximum absolute atomic E-state index is 5.80. The lowest BCUT2D eigenvalue weighted by atomic mass is 9.94. The van der Waals surface area contributed by atoms with Gasteiger partial charge < -0.3 is 16.5 Å². The molecule has 0 spiro atoms. The zero-order valence-corrected chi connectivity index (χ0v) is 7.46. The number of amidine groups is 1. The Hall–Kier alpha value is -1.45. The largest absolute Gasteiger partial charge is 0.385 e. The van der Waals surface area contributed by atoms with Gasteiger partial charge in [-0.3, -0.25) is 4.99 Å². The quantitative estimate of drug-likeness (QED) is 0.463. The maximum Gasteiger partial charge on any atom is 0.129 e. The van der Waals surface area contributed by atoms with Gasteiger partial charge in [0.05, 0.1) is 11.6 Å². The topological polar surface area (TPSA) is 80.2 Å². The minimum absolute atomic E-state index is 0.425. The fourth-order valence-corrected chi connectivity index (χ4v) is 1.39. The summed E-state index contributed by atoms with van der Waals surface area (Å²) in [4.78, 5) is 7.26. The molecule has 4 heteroatoms. The van der Waals surface area contributed by atoms with E-state index < -0.39 is 0 Å². The molecule has 70 valence electrons.